The molecule has 226 valence electrons. The number of thiazole rings is 1. The number of carbonyl (C=O) groups excluding carboxylic acids is 2. The van der Waals surface area contributed by atoms with Crippen molar-refractivity contribution in [2.75, 3.05) is 76.7 Å². The summed E-state index contributed by atoms with van der Waals surface area (Å²) in [4.78, 5) is 49.8. The minimum Gasteiger partial charge on any atom is -0.481 e. The number of amides is 2. The van der Waals surface area contributed by atoms with Gasteiger partial charge in [0.15, 0.2) is 5.13 Å². The molecule has 0 aliphatic heterocycles. The van der Waals surface area contributed by atoms with E-state index in [4.69, 9.17) is 28.8 Å². The predicted molar refractivity (Wildman–Crippen MR) is 147 cm³/mol. The summed E-state index contributed by atoms with van der Waals surface area (Å²) in [5.74, 6) is -1.81. The zero-order chi connectivity index (χ0) is 29.9. The van der Waals surface area contributed by atoms with E-state index in [9.17, 15) is 24.5 Å². The minimum atomic E-state index is -0.901. The number of aromatic nitrogens is 1. The Labute approximate surface area is 240 Å². The molecule has 0 bridgehead atoms. The number of nitrogens with zero attached hydrogens (tertiary/aromatic N) is 2. The number of hydrogen-bond acceptors (Lipinski definition) is 12. The third-order valence-corrected chi connectivity index (χ3v) is 6.05. The van der Waals surface area contributed by atoms with Gasteiger partial charge in [0.1, 0.15) is 5.69 Å². The molecule has 41 heavy (non-hydrogen) atoms. The van der Waals surface area contributed by atoms with E-state index in [2.05, 4.69) is 15.6 Å². The van der Waals surface area contributed by atoms with Crippen LogP contribution in [-0.4, -0.2) is 98.9 Å². The number of rotatable bonds is 22. The lowest BCUT2D eigenvalue weighted by molar-refractivity contribution is -0.380. The second-order valence-corrected chi connectivity index (χ2v) is 9.15. The van der Waals surface area contributed by atoms with Crippen LogP contribution in [0.4, 0.5) is 15.8 Å². The van der Waals surface area contributed by atoms with Gasteiger partial charge in [-0.1, -0.05) is 12.1 Å². The Morgan fingerprint density at radius 1 is 0.854 bits per heavy atom. The summed E-state index contributed by atoms with van der Waals surface area (Å²) < 4.78 is 26.6. The zero-order valence-electron chi connectivity index (χ0n) is 22.6. The smallest absolute Gasteiger partial charge is 0.348 e. The van der Waals surface area contributed by atoms with Crippen molar-refractivity contribution >= 4 is 44.9 Å². The number of hydrogen-bond donors (Lipinski definition) is 3. The molecule has 1 aromatic carbocycles. The van der Waals surface area contributed by atoms with E-state index in [1.165, 1.54) is 13.0 Å². The average molecular weight is 599 g/mol. The molecule has 2 amide bonds. The lowest BCUT2D eigenvalue weighted by atomic mass is 10.1. The number of ether oxygens (including phenoxy) is 5. The Bertz CT molecular complexity index is 1130. The largest absolute Gasteiger partial charge is 0.481 e. The number of benzene rings is 1. The topological polar surface area (TPSA) is 198 Å². The molecule has 1 heterocycles. The summed E-state index contributed by atoms with van der Waals surface area (Å²) in [7, 11) is 0. The third kappa shape index (κ3) is 14.1. The fourth-order valence-corrected chi connectivity index (χ4v) is 3.86. The molecule has 0 aliphatic carbocycles. The minimum absolute atomic E-state index is 0.0332. The first kappa shape index (κ1) is 33.7. The van der Waals surface area contributed by atoms with Crippen LogP contribution in [-0.2, 0) is 33.3 Å². The molecule has 1 aromatic heterocycles. The SMILES string of the molecule is Cc1nc(NC(=O)c2ccccc2NC(=O)CCOCCOCCOCCOCCOCCC(=O)O)sc1[N+](=O)[O-]. The first-order chi connectivity index (χ1) is 19.8. The number of carboxylic acids is 1. The molecule has 3 N–H and O–H groups in total. The highest BCUT2D eigenvalue weighted by atomic mass is 32.1. The monoisotopic (exact) mass is 598 g/mol. The number of aliphatic carboxylic acids is 1. The highest BCUT2D eigenvalue weighted by Gasteiger charge is 2.20. The Hall–Kier alpha value is -3.54. The number of aryl methyl sites for hydroxylation is 1. The van der Waals surface area contributed by atoms with Gasteiger partial charge in [-0.3, -0.25) is 29.8 Å². The normalized spacial score (nSPS) is 10.9. The lowest BCUT2D eigenvalue weighted by Gasteiger charge is -2.11. The molecular weight excluding hydrogens is 564 g/mol. The maximum absolute atomic E-state index is 12.7. The first-order valence-corrected chi connectivity index (χ1v) is 13.5. The van der Waals surface area contributed by atoms with Gasteiger partial charge in [0, 0.05) is 0 Å². The first-order valence-electron chi connectivity index (χ1n) is 12.7. The summed E-state index contributed by atoms with van der Waals surface area (Å²) in [6.45, 7) is 4.62. The third-order valence-electron chi connectivity index (χ3n) is 5.03. The molecule has 0 aliphatic rings. The summed E-state index contributed by atoms with van der Waals surface area (Å²) in [6.07, 6.45) is 0.0238. The van der Waals surface area contributed by atoms with Crippen LogP contribution in [0.3, 0.4) is 0 Å². The Balaban J connectivity index is 1.52. The molecule has 0 radical (unpaired) electrons. The van der Waals surface area contributed by atoms with E-state index < -0.39 is 16.8 Å². The Morgan fingerprint density at radius 2 is 1.37 bits per heavy atom. The van der Waals surface area contributed by atoms with Crippen LogP contribution in [0.1, 0.15) is 28.9 Å². The van der Waals surface area contributed by atoms with E-state index in [-0.39, 0.29) is 65.6 Å². The van der Waals surface area contributed by atoms with E-state index >= 15 is 0 Å². The lowest BCUT2D eigenvalue weighted by Crippen LogP contribution is -2.19. The van der Waals surface area contributed by atoms with Gasteiger partial charge in [0.25, 0.3) is 5.91 Å². The molecular formula is C25H34N4O11S. The van der Waals surface area contributed by atoms with E-state index in [1.807, 2.05) is 0 Å². The van der Waals surface area contributed by atoms with Crippen molar-refractivity contribution in [2.24, 2.45) is 0 Å². The highest BCUT2D eigenvalue weighted by molar-refractivity contribution is 7.19. The van der Waals surface area contributed by atoms with Crippen LogP contribution in [0, 0.1) is 17.0 Å². The number of carbonyl (C=O) groups is 3. The molecule has 0 unspecified atom stereocenters. The van der Waals surface area contributed by atoms with E-state index in [1.54, 1.807) is 18.2 Å². The molecule has 2 rings (SSSR count). The summed E-state index contributed by atoms with van der Waals surface area (Å²) in [5, 5.41) is 24.6. The van der Waals surface area contributed by atoms with Crippen molar-refractivity contribution in [1.82, 2.24) is 4.98 Å². The van der Waals surface area contributed by atoms with Crippen LogP contribution in [0.25, 0.3) is 0 Å². The van der Waals surface area contributed by atoms with Crippen molar-refractivity contribution in [3.05, 3.63) is 45.6 Å². The average Bonchev–Trinajstić information content (AvgIpc) is 3.30. The standard InChI is InChI=1S/C25H34N4O11S/c1-18-24(29(34)35)41-25(26-18)28-23(33)19-4-2-3-5-20(19)27-21(30)6-8-36-10-12-38-14-16-40-17-15-39-13-11-37-9-7-22(31)32/h2-5H,6-17H2,1H3,(H,27,30)(H,31,32)(H,26,28,33). The van der Waals surface area contributed by atoms with Crippen molar-refractivity contribution in [3.8, 4) is 0 Å². The number of nitro groups is 1. The van der Waals surface area contributed by atoms with Gasteiger partial charge in [0.05, 0.1) is 95.1 Å². The molecule has 0 saturated heterocycles. The van der Waals surface area contributed by atoms with Gasteiger partial charge in [-0.15, -0.1) is 0 Å². The quantitative estimate of drug-likeness (QED) is 0.102. The van der Waals surface area contributed by atoms with E-state index in [0.717, 1.165) is 11.3 Å². The van der Waals surface area contributed by atoms with Gasteiger partial charge in [-0.2, -0.15) is 0 Å². The maximum atomic E-state index is 12.7. The highest BCUT2D eigenvalue weighted by Crippen LogP contribution is 2.30. The van der Waals surface area contributed by atoms with Gasteiger partial charge in [-0.05, 0) is 30.4 Å². The zero-order valence-corrected chi connectivity index (χ0v) is 23.4. The second-order valence-electron chi connectivity index (χ2n) is 8.17. The van der Waals surface area contributed by atoms with Gasteiger partial charge in [-0.25, -0.2) is 4.98 Å². The predicted octanol–water partition coefficient (Wildman–Crippen LogP) is 2.50. The van der Waals surface area contributed by atoms with Crippen LogP contribution in [0.5, 0.6) is 0 Å². The van der Waals surface area contributed by atoms with Crippen molar-refractivity contribution in [3.63, 3.8) is 0 Å². The fourth-order valence-electron chi connectivity index (χ4n) is 3.08. The van der Waals surface area contributed by atoms with Crippen molar-refractivity contribution in [1.29, 1.82) is 0 Å². The fraction of sp³-hybridized carbons (Fsp3) is 0.520. The molecule has 0 saturated carbocycles. The van der Waals surface area contributed by atoms with Gasteiger partial charge < -0.3 is 34.1 Å². The molecule has 0 fully saturated rings. The van der Waals surface area contributed by atoms with Crippen LogP contribution < -0.4 is 10.6 Å². The summed E-state index contributed by atoms with van der Waals surface area (Å²) in [6, 6.07) is 6.39. The molecule has 0 spiro atoms. The van der Waals surface area contributed by atoms with Crippen LogP contribution >= 0.6 is 11.3 Å². The number of nitrogens with one attached hydrogen (secondary N) is 2. The number of carboxylic acid groups (broad SMARTS) is 1. The number of para-hydroxylation sites is 1. The van der Waals surface area contributed by atoms with Crippen LogP contribution in [0.15, 0.2) is 24.3 Å². The van der Waals surface area contributed by atoms with Crippen LogP contribution in [0.2, 0.25) is 0 Å². The molecule has 15 nitrogen and oxygen atoms in total. The summed E-state index contributed by atoms with van der Waals surface area (Å²) >= 11 is 0.754. The number of anilines is 2. The molecule has 0 atom stereocenters. The van der Waals surface area contributed by atoms with Gasteiger partial charge >= 0.3 is 11.0 Å². The molecule has 2 aromatic rings. The second kappa shape index (κ2) is 19.5. The van der Waals surface area contributed by atoms with Gasteiger partial charge in [0.2, 0.25) is 5.91 Å². The van der Waals surface area contributed by atoms with Crippen molar-refractivity contribution in [2.45, 2.75) is 19.8 Å². The molecule has 16 heteroatoms. The Morgan fingerprint density at radius 3 is 1.88 bits per heavy atom. The van der Waals surface area contributed by atoms with Crippen molar-refractivity contribution < 1.29 is 48.1 Å². The maximum Gasteiger partial charge on any atom is 0.348 e. The van der Waals surface area contributed by atoms with E-state index in [0.29, 0.717) is 46.2 Å². The Kier molecular flexibility index (Phi) is 16.0. The summed E-state index contributed by atoms with van der Waals surface area (Å²) in [5.41, 5.74) is 0.671.